The first-order valence-corrected chi connectivity index (χ1v) is 14.9. The van der Waals surface area contributed by atoms with E-state index in [0.29, 0.717) is 33.6 Å². The molecule has 0 saturated heterocycles. The average Bonchev–Trinajstić information content (AvgIpc) is 2.87. The predicted molar refractivity (Wildman–Crippen MR) is 177 cm³/mol. The van der Waals surface area contributed by atoms with Crippen molar-refractivity contribution >= 4 is 35.1 Å². The van der Waals surface area contributed by atoms with Gasteiger partial charge in [0.05, 0.1) is 13.7 Å². The Bertz CT molecular complexity index is 1350. The van der Waals surface area contributed by atoms with E-state index in [1.54, 1.807) is 31.2 Å². The van der Waals surface area contributed by atoms with Crippen molar-refractivity contribution in [2.45, 2.75) is 112 Å². The molecule has 0 fully saturated rings. The van der Waals surface area contributed by atoms with Crippen molar-refractivity contribution in [1.82, 2.24) is 0 Å². The number of phenols is 2. The molecule has 10 heteroatoms. The lowest BCUT2D eigenvalue weighted by Gasteiger charge is -2.28. The number of hydrogen-bond donors (Lipinski definition) is 4. The number of amides is 2. The molecular weight excluding hydrogens is 576 g/mol. The highest BCUT2D eigenvalue weighted by Gasteiger charge is 2.29. The van der Waals surface area contributed by atoms with Crippen molar-refractivity contribution in [2.24, 2.45) is 0 Å². The van der Waals surface area contributed by atoms with E-state index in [-0.39, 0.29) is 39.8 Å². The van der Waals surface area contributed by atoms with Gasteiger partial charge in [0.15, 0.2) is 0 Å². The molecule has 0 unspecified atom stereocenters. The molecule has 0 radical (unpaired) electrons. The summed E-state index contributed by atoms with van der Waals surface area (Å²) < 4.78 is 9.10. The first kappa shape index (κ1) is 38.9. The van der Waals surface area contributed by atoms with E-state index in [4.69, 9.17) is 4.74 Å². The number of methoxy groups -OCH3 is 1. The number of esters is 2. The van der Waals surface area contributed by atoms with Gasteiger partial charge in [0, 0.05) is 33.6 Å². The van der Waals surface area contributed by atoms with Crippen molar-refractivity contribution in [1.29, 1.82) is 0 Å². The maximum absolute atomic E-state index is 11.9. The molecule has 0 bridgehead atoms. The highest BCUT2D eigenvalue weighted by Crippen LogP contribution is 2.42. The number of nitrogens with one attached hydrogen (secondary N) is 2. The van der Waals surface area contributed by atoms with Gasteiger partial charge in [-0.05, 0) is 52.8 Å². The van der Waals surface area contributed by atoms with Crippen molar-refractivity contribution in [3.05, 3.63) is 46.5 Å². The lowest BCUT2D eigenvalue weighted by atomic mass is 9.79. The van der Waals surface area contributed by atoms with Crippen LogP contribution in [0.25, 0.3) is 0 Å². The summed E-state index contributed by atoms with van der Waals surface area (Å²) in [5, 5.41) is 26.3. The van der Waals surface area contributed by atoms with E-state index in [1.807, 2.05) is 83.1 Å². The molecule has 250 valence electrons. The topological polar surface area (TPSA) is 151 Å². The molecule has 4 N–H and O–H groups in total. The Morgan fingerprint density at radius 3 is 1.07 bits per heavy atom. The third-order valence-electron chi connectivity index (χ3n) is 6.80. The second kappa shape index (κ2) is 14.3. The van der Waals surface area contributed by atoms with Crippen LogP contribution in [0.5, 0.6) is 11.5 Å². The van der Waals surface area contributed by atoms with Crippen LogP contribution in [-0.2, 0) is 50.3 Å². The monoisotopic (exact) mass is 628 g/mol. The van der Waals surface area contributed by atoms with Gasteiger partial charge in [-0.15, -0.1) is 0 Å². The van der Waals surface area contributed by atoms with Crippen LogP contribution in [0.15, 0.2) is 24.3 Å². The highest BCUT2D eigenvalue weighted by molar-refractivity contribution is 6.37. The second-order valence-electron chi connectivity index (χ2n) is 15.0. The van der Waals surface area contributed by atoms with Crippen LogP contribution >= 0.6 is 0 Å². The Morgan fingerprint density at radius 1 is 0.578 bits per heavy atom. The largest absolute Gasteiger partial charge is 0.507 e. The van der Waals surface area contributed by atoms with Gasteiger partial charge in [0.1, 0.15) is 11.5 Å². The normalized spacial score (nSPS) is 12.0. The zero-order chi connectivity index (χ0) is 35.3. The Morgan fingerprint density at radius 2 is 0.844 bits per heavy atom. The first-order valence-electron chi connectivity index (χ1n) is 14.9. The van der Waals surface area contributed by atoms with Crippen molar-refractivity contribution in [2.75, 3.05) is 24.4 Å². The Balaban J connectivity index is 0.000000450. The minimum atomic E-state index is -0.956. The summed E-state index contributed by atoms with van der Waals surface area (Å²) in [6, 6.07) is 6.76. The van der Waals surface area contributed by atoms with Gasteiger partial charge < -0.3 is 30.3 Å². The summed E-state index contributed by atoms with van der Waals surface area (Å²) in [5.41, 5.74) is 2.53. The van der Waals surface area contributed by atoms with E-state index >= 15 is 0 Å². The minimum Gasteiger partial charge on any atom is -0.507 e. The standard InChI is InChI=1S/C18H27NO4.C17H25NO4/c1-8-23-16(22)15(21)19-11-9-12(17(2,3)4)14(20)13(10-11)18(5,6)7;1-16(2,3)11-8-10(18-14(20)15(21)22-7)9-12(13(11)19)17(4,5)6/h9-10,20H,8H2,1-7H3,(H,19,21);8-9,19H,1-7H3,(H,18,20). The Labute approximate surface area is 267 Å². The molecule has 2 rings (SSSR count). The first-order chi connectivity index (χ1) is 20.2. The van der Waals surface area contributed by atoms with E-state index in [1.165, 1.54) is 0 Å². The lowest BCUT2D eigenvalue weighted by molar-refractivity contribution is -0.152. The van der Waals surface area contributed by atoms with E-state index < -0.39 is 23.8 Å². The van der Waals surface area contributed by atoms with Crippen LogP contribution in [0.2, 0.25) is 0 Å². The summed E-state index contributed by atoms with van der Waals surface area (Å²) >= 11 is 0. The molecule has 0 aliphatic heterocycles. The Kier molecular flexibility index (Phi) is 12.4. The molecule has 0 atom stereocenters. The number of carbonyl (C=O) groups is 4. The van der Waals surface area contributed by atoms with Gasteiger partial charge in [-0.2, -0.15) is 0 Å². The van der Waals surface area contributed by atoms with Crippen molar-refractivity contribution in [3.63, 3.8) is 0 Å². The summed E-state index contributed by atoms with van der Waals surface area (Å²) in [6.45, 7) is 25.5. The van der Waals surface area contributed by atoms with E-state index in [0.717, 1.165) is 7.11 Å². The van der Waals surface area contributed by atoms with Crippen LogP contribution in [-0.4, -0.2) is 47.7 Å². The van der Waals surface area contributed by atoms with Crippen molar-refractivity contribution in [3.8, 4) is 11.5 Å². The second-order valence-corrected chi connectivity index (χ2v) is 15.0. The number of rotatable bonds is 3. The number of hydrogen-bond acceptors (Lipinski definition) is 8. The van der Waals surface area contributed by atoms with Crippen LogP contribution in [0.1, 0.15) is 112 Å². The molecule has 0 aliphatic carbocycles. The van der Waals surface area contributed by atoms with Gasteiger partial charge in [0.25, 0.3) is 0 Å². The maximum Gasteiger partial charge on any atom is 0.397 e. The van der Waals surface area contributed by atoms with E-state index in [9.17, 15) is 29.4 Å². The average molecular weight is 629 g/mol. The lowest BCUT2D eigenvalue weighted by Crippen LogP contribution is -2.26. The Hall–Kier alpha value is -4.08. The van der Waals surface area contributed by atoms with Crippen LogP contribution < -0.4 is 10.6 Å². The van der Waals surface area contributed by atoms with Gasteiger partial charge in [0.2, 0.25) is 0 Å². The zero-order valence-corrected chi connectivity index (χ0v) is 29.4. The van der Waals surface area contributed by atoms with Gasteiger partial charge in [-0.25, -0.2) is 9.59 Å². The summed E-state index contributed by atoms with van der Waals surface area (Å²) in [4.78, 5) is 46.3. The third-order valence-corrected chi connectivity index (χ3v) is 6.80. The summed E-state index contributed by atoms with van der Waals surface area (Å²) in [5.74, 6) is -3.10. The SMILES string of the molecule is CCOC(=O)C(=O)Nc1cc(C(C)(C)C)c(O)c(C(C)(C)C)c1.COC(=O)C(=O)Nc1cc(C(C)(C)C)c(O)c(C(C)(C)C)c1. The number of carbonyl (C=O) groups excluding carboxylic acids is 4. The fraction of sp³-hybridized carbons (Fsp3) is 0.543. The van der Waals surface area contributed by atoms with Crippen LogP contribution in [0.4, 0.5) is 11.4 Å². The van der Waals surface area contributed by atoms with Crippen molar-refractivity contribution < 1.29 is 38.9 Å². The molecule has 10 nitrogen and oxygen atoms in total. The molecule has 2 aromatic rings. The zero-order valence-electron chi connectivity index (χ0n) is 29.4. The quantitative estimate of drug-likeness (QED) is 0.169. The van der Waals surface area contributed by atoms with Crippen LogP contribution in [0.3, 0.4) is 0 Å². The third kappa shape index (κ3) is 10.8. The molecule has 2 amide bonds. The van der Waals surface area contributed by atoms with Gasteiger partial charge in [-0.3, -0.25) is 9.59 Å². The highest BCUT2D eigenvalue weighted by atomic mass is 16.5. The number of benzene rings is 2. The number of ether oxygens (including phenoxy) is 2. The molecule has 45 heavy (non-hydrogen) atoms. The molecular formula is C35H52N2O8. The summed E-state index contributed by atoms with van der Waals surface area (Å²) in [7, 11) is 1.15. The fourth-order valence-corrected chi connectivity index (χ4v) is 4.35. The number of anilines is 2. The molecule has 2 aromatic carbocycles. The van der Waals surface area contributed by atoms with E-state index in [2.05, 4.69) is 15.4 Å². The number of aromatic hydroxyl groups is 2. The molecule has 0 heterocycles. The molecule has 0 spiro atoms. The molecule has 0 saturated carbocycles. The molecule has 0 aliphatic rings. The number of phenolic OH excluding ortho intramolecular Hbond substituents is 2. The fourth-order valence-electron chi connectivity index (χ4n) is 4.35. The summed E-state index contributed by atoms with van der Waals surface area (Å²) in [6.07, 6.45) is 0. The molecule has 0 aromatic heterocycles. The van der Waals surface area contributed by atoms with Gasteiger partial charge >= 0.3 is 23.8 Å². The van der Waals surface area contributed by atoms with Gasteiger partial charge in [-0.1, -0.05) is 83.1 Å². The minimum absolute atomic E-state index is 0.141. The smallest absolute Gasteiger partial charge is 0.397 e. The van der Waals surface area contributed by atoms with Crippen LogP contribution in [0, 0.1) is 0 Å². The maximum atomic E-state index is 11.9. The predicted octanol–water partition coefficient (Wildman–Crippen LogP) is 6.59.